The lowest BCUT2D eigenvalue weighted by Crippen LogP contribution is -2.39. The zero-order chi connectivity index (χ0) is 24.1. The maximum absolute atomic E-state index is 13.3. The van der Waals surface area contributed by atoms with Crippen LogP contribution in [0.2, 0.25) is 10.0 Å². The summed E-state index contributed by atoms with van der Waals surface area (Å²) in [5, 5.41) is 4.36. The standard InChI is InChI=1S/C23H19Cl2N3O5S/c24-17-9-10-20(19(25)13-17)28(34(30,31)18-6-2-1-3-7-18)15-22(29)27-26-14-16-5-4-8-21-23(16)33-12-11-32-21/h1-10,13-14H,11-12,15H2,(H,27,29)/b26-14-. The number of nitrogens with zero attached hydrogens (tertiary/aromatic N) is 2. The van der Waals surface area contributed by atoms with E-state index in [0.29, 0.717) is 35.3 Å². The smallest absolute Gasteiger partial charge is 0.264 e. The Labute approximate surface area is 206 Å². The van der Waals surface area contributed by atoms with E-state index in [1.54, 1.807) is 36.4 Å². The highest BCUT2D eigenvalue weighted by Crippen LogP contribution is 2.33. The summed E-state index contributed by atoms with van der Waals surface area (Å²) < 4.78 is 38.7. The third-order valence-electron chi connectivity index (χ3n) is 4.79. The molecular formula is C23H19Cl2N3O5S. The number of halogens is 2. The first-order valence-corrected chi connectivity index (χ1v) is 12.3. The van der Waals surface area contributed by atoms with Crippen molar-refractivity contribution in [3.63, 3.8) is 0 Å². The summed E-state index contributed by atoms with van der Waals surface area (Å²) in [6, 6.07) is 17.4. The number of benzene rings is 3. The minimum Gasteiger partial charge on any atom is -0.486 e. The van der Waals surface area contributed by atoms with E-state index in [2.05, 4.69) is 10.5 Å². The molecule has 3 aromatic carbocycles. The number of carbonyl (C=O) groups is 1. The molecule has 8 nitrogen and oxygen atoms in total. The Morgan fingerprint density at radius 3 is 2.56 bits per heavy atom. The van der Waals surface area contributed by atoms with Crippen molar-refractivity contribution in [2.75, 3.05) is 24.1 Å². The number of nitrogens with one attached hydrogen (secondary N) is 1. The average Bonchev–Trinajstić information content (AvgIpc) is 2.83. The number of amides is 1. The summed E-state index contributed by atoms with van der Waals surface area (Å²) in [6.07, 6.45) is 1.40. The van der Waals surface area contributed by atoms with Crippen molar-refractivity contribution < 1.29 is 22.7 Å². The van der Waals surface area contributed by atoms with Crippen molar-refractivity contribution >= 4 is 51.0 Å². The van der Waals surface area contributed by atoms with E-state index >= 15 is 0 Å². The number of anilines is 1. The van der Waals surface area contributed by atoms with Crippen LogP contribution in [0.5, 0.6) is 11.5 Å². The van der Waals surface area contributed by atoms with Crippen LogP contribution in [0, 0.1) is 0 Å². The fourth-order valence-electron chi connectivity index (χ4n) is 3.24. The Kier molecular flexibility index (Phi) is 7.26. The fourth-order valence-corrected chi connectivity index (χ4v) is 5.26. The monoisotopic (exact) mass is 519 g/mol. The molecule has 1 N–H and O–H groups in total. The maximum atomic E-state index is 13.3. The molecule has 0 unspecified atom stereocenters. The molecule has 0 fully saturated rings. The van der Waals surface area contributed by atoms with Crippen molar-refractivity contribution in [1.82, 2.24) is 5.43 Å². The van der Waals surface area contributed by atoms with Crippen LogP contribution in [0.15, 0.2) is 76.7 Å². The largest absolute Gasteiger partial charge is 0.486 e. The lowest BCUT2D eigenvalue weighted by atomic mass is 10.2. The van der Waals surface area contributed by atoms with E-state index in [1.165, 1.54) is 36.5 Å². The average molecular weight is 520 g/mol. The van der Waals surface area contributed by atoms with Crippen molar-refractivity contribution in [2.45, 2.75) is 4.90 Å². The molecule has 11 heteroatoms. The van der Waals surface area contributed by atoms with Gasteiger partial charge in [-0.15, -0.1) is 0 Å². The van der Waals surface area contributed by atoms with Gasteiger partial charge in [0.05, 0.1) is 21.8 Å². The van der Waals surface area contributed by atoms with E-state index in [0.717, 1.165) is 4.31 Å². The van der Waals surface area contributed by atoms with Crippen molar-refractivity contribution in [1.29, 1.82) is 0 Å². The van der Waals surface area contributed by atoms with Gasteiger partial charge in [0, 0.05) is 10.6 Å². The van der Waals surface area contributed by atoms with E-state index in [-0.39, 0.29) is 15.6 Å². The quantitative estimate of drug-likeness (QED) is 0.374. The minimum absolute atomic E-state index is 0.00498. The van der Waals surface area contributed by atoms with Crippen LogP contribution >= 0.6 is 23.2 Å². The molecule has 1 aliphatic heterocycles. The van der Waals surface area contributed by atoms with E-state index < -0.39 is 22.5 Å². The molecule has 34 heavy (non-hydrogen) atoms. The van der Waals surface area contributed by atoms with Gasteiger partial charge in [0.15, 0.2) is 11.5 Å². The summed E-state index contributed by atoms with van der Waals surface area (Å²) in [4.78, 5) is 12.7. The topological polar surface area (TPSA) is 97.3 Å². The molecule has 0 aliphatic carbocycles. The number of sulfonamides is 1. The molecule has 0 bridgehead atoms. The van der Waals surface area contributed by atoms with Crippen LogP contribution in [-0.4, -0.2) is 40.3 Å². The van der Waals surface area contributed by atoms with E-state index in [4.69, 9.17) is 32.7 Å². The number of carbonyl (C=O) groups excluding carboxylic acids is 1. The lowest BCUT2D eigenvalue weighted by Gasteiger charge is -2.24. The predicted molar refractivity (Wildman–Crippen MR) is 131 cm³/mol. The molecule has 176 valence electrons. The third kappa shape index (κ3) is 5.27. The highest BCUT2D eigenvalue weighted by atomic mass is 35.5. The molecule has 0 radical (unpaired) electrons. The normalized spacial score (nSPS) is 13.0. The molecule has 0 spiro atoms. The number of rotatable bonds is 7. The Morgan fingerprint density at radius 2 is 1.79 bits per heavy atom. The molecule has 0 aromatic heterocycles. The van der Waals surface area contributed by atoms with Crippen LogP contribution in [0.25, 0.3) is 0 Å². The van der Waals surface area contributed by atoms with Crippen LogP contribution in [-0.2, 0) is 14.8 Å². The predicted octanol–water partition coefficient (Wildman–Crippen LogP) is 4.11. The second-order valence-corrected chi connectivity index (χ2v) is 9.79. The van der Waals surface area contributed by atoms with Gasteiger partial charge < -0.3 is 9.47 Å². The molecular weight excluding hydrogens is 501 g/mol. The highest BCUT2D eigenvalue weighted by molar-refractivity contribution is 7.92. The van der Waals surface area contributed by atoms with Crippen molar-refractivity contribution in [2.24, 2.45) is 5.10 Å². The zero-order valence-electron chi connectivity index (χ0n) is 17.6. The van der Waals surface area contributed by atoms with Crippen LogP contribution in [0.4, 0.5) is 5.69 Å². The SMILES string of the molecule is O=C(CN(c1ccc(Cl)cc1Cl)S(=O)(=O)c1ccccc1)N/N=C\c1cccc2c1OCCO2. The van der Waals surface area contributed by atoms with E-state index in [1.807, 2.05) is 0 Å². The minimum atomic E-state index is -4.12. The number of hydrogen-bond donors (Lipinski definition) is 1. The first-order valence-electron chi connectivity index (χ1n) is 10.1. The first-order chi connectivity index (χ1) is 16.4. The van der Waals surface area contributed by atoms with Gasteiger partial charge in [-0.05, 0) is 42.5 Å². The number of ether oxygens (including phenoxy) is 2. The number of hydrogen-bond acceptors (Lipinski definition) is 6. The van der Waals surface area contributed by atoms with Crippen molar-refractivity contribution in [3.8, 4) is 11.5 Å². The third-order valence-corrected chi connectivity index (χ3v) is 7.10. The molecule has 1 heterocycles. The second kappa shape index (κ2) is 10.3. The first kappa shape index (κ1) is 23.9. The molecule has 0 saturated carbocycles. The molecule has 0 saturated heterocycles. The Bertz CT molecular complexity index is 1330. The van der Waals surface area contributed by atoms with Crippen LogP contribution < -0.4 is 19.2 Å². The number of para-hydroxylation sites is 1. The molecule has 1 amide bonds. The summed E-state index contributed by atoms with van der Waals surface area (Å²) >= 11 is 12.2. The molecule has 1 aliphatic rings. The van der Waals surface area contributed by atoms with Gasteiger partial charge in [0.1, 0.15) is 19.8 Å². The molecule has 4 rings (SSSR count). The van der Waals surface area contributed by atoms with Crippen LogP contribution in [0.3, 0.4) is 0 Å². The van der Waals surface area contributed by atoms with Gasteiger partial charge in [0.25, 0.3) is 15.9 Å². The summed E-state index contributed by atoms with van der Waals surface area (Å²) in [5.41, 5.74) is 3.06. The number of fused-ring (bicyclic) bond motifs is 1. The molecule has 0 atom stereocenters. The highest BCUT2D eigenvalue weighted by Gasteiger charge is 2.28. The Hall–Kier alpha value is -3.27. The molecule has 3 aromatic rings. The van der Waals surface area contributed by atoms with Gasteiger partial charge in [-0.25, -0.2) is 13.8 Å². The summed E-state index contributed by atoms with van der Waals surface area (Å²) in [6.45, 7) is 0.282. The van der Waals surface area contributed by atoms with E-state index in [9.17, 15) is 13.2 Å². The van der Waals surface area contributed by atoms with Gasteiger partial charge in [0.2, 0.25) is 0 Å². The lowest BCUT2D eigenvalue weighted by molar-refractivity contribution is -0.119. The van der Waals surface area contributed by atoms with Gasteiger partial charge in [-0.1, -0.05) is 47.5 Å². The van der Waals surface area contributed by atoms with Crippen molar-refractivity contribution in [3.05, 3.63) is 82.3 Å². The fraction of sp³-hybridized carbons (Fsp3) is 0.130. The maximum Gasteiger partial charge on any atom is 0.264 e. The van der Waals surface area contributed by atoms with Gasteiger partial charge in [-0.3, -0.25) is 9.10 Å². The summed E-state index contributed by atoms with van der Waals surface area (Å²) in [5.74, 6) is 0.427. The number of hydrazone groups is 1. The van der Waals surface area contributed by atoms with Gasteiger partial charge >= 0.3 is 0 Å². The van der Waals surface area contributed by atoms with Crippen LogP contribution in [0.1, 0.15) is 5.56 Å². The second-order valence-electron chi connectivity index (χ2n) is 7.09. The summed E-state index contributed by atoms with van der Waals surface area (Å²) in [7, 11) is -4.12. The Morgan fingerprint density at radius 1 is 1.03 bits per heavy atom. The Balaban J connectivity index is 1.57. The zero-order valence-corrected chi connectivity index (χ0v) is 20.0. The van der Waals surface area contributed by atoms with Gasteiger partial charge in [-0.2, -0.15) is 5.10 Å².